The summed E-state index contributed by atoms with van der Waals surface area (Å²) in [5, 5.41) is 0.150. The molecule has 0 atom stereocenters. The first kappa shape index (κ1) is 22.9. The Kier molecular flexibility index (Phi) is 5.90. The predicted octanol–water partition coefficient (Wildman–Crippen LogP) is 4.09. The van der Waals surface area contributed by atoms with Crippen molar-refractivity contribution in [2.24, 2.45) is 0 Å². The second-order valence-corrected chi connectivity index (χ2v) is 10.3. The highest BCUT2D eigenvalue weighted by molar-refractivity contribution is 7.92. The summed E-state index contributed by atoms with van der Waals surface area (Å²) in [5.74, 6) is -0.370. The van der Waals surface area contributed by atoms with Crippen LogP contribution in [0.3, 0.4) is 0 Å². The number of hydrogen-bond acceptors (Lipinski definition) is 4. The summed E-state index contributed by atoms with van der Waals surface area (Å²) < 4.78 is 28.5. The molecular formula is C27H25N3O4S. The maximum absolute atomic E-state index is 13.3. The molecular weight excluding hydrogens is 462 g/mol. The Balaban J connectivity index is 1.45. The van der Waals surface area contributed by atoms with Crippen molar-refractivity contribution in [3.05, 3.63) is 105 Å². The highest BCUT2D eigenvalue weighted by atomic mass is 32.2. The number of rotatable bonds is 5. The number of fused-ring (bicyclic) bond motifs is 2. The molecule has 35 heavy (non-hydrogen) atoms. The van der Waals surface area contributed by atoms with Crippen molar-refractivity contribution in [3.63, 3.8) is 0 Å². The highest BCUT2D eigenvalue weighted by Crippen LogP contribution is 2.22. The van der Waals surface area contributed by atoms with E-state index in [0.29, 0.717) is 24.3 Å². The zero-order chi connectivity index (χ0) is 24.6. The van der Waals surface area contributed by atoms with Gasteiger partial charge in [0, 0.05) is 35.9 Å². The molecule has 1 amide bonds. The number of pyridine rings is 1. The molecule has 0 saturated carbocycles. The number of benzene rings is 3. The molecule has 1 aliphatic rings. The molecule has 4 aromatic rings. The monoisotopic (exact) mass is 487 g/mol. The molecule has 0 bridgehead atoms. The Morgan fingerprint density at radius 1 is 1.03 bits per heavy atom. The van der Waals surface area contributed by atoms with Gasteiger partial charge in [0.2, 0.25) is 5.43 Å². The Morgan fingerprint density at radius 2 is 1.77 bits per heavy atom. The molecule has 3 aromatic carbocycles. The number of carbonyl (C=O) groups excluding carboxylic acids is 1. The lowest BCUT2D eigenvalue weighted by atomic mass is 9.99. The fraction of sp³-hybridized carbons (Fsp3) is 0.185. The number of aromatic nitrogens is 1. The van der Waals surface area contributed by atoms with Crippen LogP contribution < -0.4 is 10.2 Å². The second-order valence-electron chi connectivity index (χ2n) is 8.64. The molecule has 1 aromatic heterocycles. The van der Waals surface area contributed by atoms with Gasteiger partial charge in [-0.05, 0) is 59.9 Å². The summed E-state index contributed by atoms with van der Waals surface area (Å²) in [5.41, 5.74) is 3.76. The van der Waals surface area contributed by atoms with Crippen molar-refractivity contribution >= 4 is 32.5 Å². The first-order valence-corrected chi connectivity index (χ1v) is 13.0. The topological polar surface area (TPSA) is 99.3 Å². The number of hydrogen-bond donors (Lipinski definition) is 2. The maximum atomic E-state index is 13.3. The van der Waals surface area contributed by atoms with Gasteiger partial charge in [0.1, 0.15) is 5.56 Å². The molecule has 0 fully saturated rings. The molecule has 0 radical (unpaired) electrons. The molecule has 1 aliphatic heterocycles. The molecule has 7 nitrogen and oxygen atoms in total. The van der Waals surface area contributed by atoms with Crippen molar-refractivity contribution in [1.29, 1.82) is 0 Å². The first-order chi connectivity index (χ1) is 16.9. The van der Waals surface area contributed by atoms with Gasteiger partial charge in [-0.15, -0.1) is 0 Å². The average molecular weight is 488 g/mol. The van der Waals surface area contributed by atoms with Crippen molar-refractivity contribution in [2.75, 3.05) is 11.3 Å². The SMILES string of the molecule is CCc1ccc(NS(=O)(=O)c2ccc3[nH]cc(C(=O)N4CCc5ccccc5C4)c(=O)c3c2)cc1. The number of sulfonamides is 1. The van der Waals surface area contributed by atoms with Crippen LogP contribution in [0.4, 0.5) is 5.69 Å². The van der Waals surface area contributed by atoms with Gasteiger partial charge in [0.05, 0.1) is 4.90 Å². The number of nitrogens with zero attached hydrogens (tertiary/aromatic N) is 1. The number of amides is 1. The predicted molar refractivity (Wildman–Crippen MR) is 136 cm³/mol. The van der Waals surface area contributed by atoms with Gasteiger partial charge in [-0.3, -0.25) is 14.3 Å². The van der Waals surface area contributed by atoms with Crippen LogP contribution in [-0.2, 0) is 29.4 Å². The summed E-state index contributed by atoms with van der Waals surface area (Å²) in [6, 6.07) is 19.4. The van der Waals surface area contributed by atoms with E-state index in [0.717, 1.165) is 24.0 Å². The van der Waals surface area contributed by atoms with E-state index in [2.05, 4.69) is 9.71 Å². The van der Waals surface area contributed by atoms with Crippen LogP contribution in [0.5, 0.6) is 0 Å². The maximum Gasteiger partial charge on any atom is 0.261 e. The van der Waals surface area contributed by atoms with Gasteiger partial charge in [0.15, 0.2) is 0 Å². The average Bonchev–Trinajstić information content (AvgIpc) is 2.88. The number of nitrogens with one attached hydrogen (secondary N) is 2. The summed E-state index contributed by atoms with van der Waals surface area (Å²) >= 11 is 0. The number of anilines is 1. The Morgan fingerprint density at radius 3 is 2.51 bits per heavy atom. The number of H-pyrrole nitrogens is 1. The largest absolute Gasteiger partial charge is 0.360 e. The van der Waals surface area contributed by atoms with Gasteiger partial charge in [0.25, 0.3) is 15.9 Å². The van der Waals surface area contributed by atoms with Gasteiger partial charge >= 0.3 is 0 Å². The van der Waals surface area contributed by atoms with Crippen LogP contribution in [0.2, 0.25) is 0 Å². The molecule has 0 unspecified atom stereocenters. The Hall–Kier alpha value is -3.91. The van der Waals surface area contributed by atoms with E-state index in [-0.39, 0.29) is 21.8 Å². The lowest BCUT2D eigenvalue weighted by molar-refractivity contribution is 0.0733. The van der Waals surface area contributed by atoms with E-state index < -0.39 is 15.5 Å². The summed E-state index contributed by atoms with van der Waals surface area (Å²) in [7, 11) is -3.93. The third-order valence-electron chi connectivity index (χ3n) is 6.43. The third kappa shape index (κ3) is 4.44. The third-order valence-corrected chi connectivity index (χ3v) is 7.80. The van der Waals surface area contributed by atoms with Gasteiger partial charge in [-0.25, -0.2) is 8.42 Å². The number of aryl methyl sites for hydroxylation is 1. The lowest BCUT2D eigenvalue weighted by Gasteiger charge is -2.28. The highest BCUT2D eigenvalue weighted by Gasteiger charge is 2.24. The van der Waals surface area contributed by atoms with E-state index in [1.165, 1.54) is 30.0 Å². The molecule has 178 valence electrons. The van der Waals surface area contributed by atoms with Crippen molar-refractivity contribution < 1.29 is 13.2 Å². The molecule has 8 heteroatoms. The summed E-state index contributed by atoms with van der Waals surface area (Å²) in [6.45, 7) is 2.97. The van der Waals surface area contributed by atoms with Crippen LogP contribution in [-0.4, -0.2) is 30.8 Å². The summed E-state index contributed by atoms with van der Waals surface area (Å²) in [4.78, 5) is 31.1. The molecule has 5 rings (SSSR count). The molecule has 0 spiro atoms. The molecule has 2 heterocycles. The molecule has 0 aliphatic carbocycles. The van der Waals surface area contributed by atoms with E-state index in [4.69, 9.17) is 0 Å². The van der Waals surface area contributed by atoms with Gasteiger partial charge in [-0.1, -0.05) is 43.3 Å². The second kappa shape index (κ2) is 9.03. The van der Waals surface area contributed by atoms with Gasteiger partial charge < -0.3 is 9.88 Å². The van der Waals surface area contributed by atoms with Crippen molar-refractivity contribution in [2.45, 2.75) is 31.2 Å². The first-order valence-electron chi connectivity index (χ1n) is 11.5. The lowest BCUT2D eigenvalue weighted by Crippen LogP contribution is -2.38. The van der Waals surface area contributed by atoms with Crippen molar-refractivity contribution in [1.82, 2.24) is 9.88 Å². The summed E-state index contributed by atoms with van der Waals surface area (Å²) in [6.07, 6.45) is 2.99. The van der Waals surface area contributed by atoms with E-state index in [1.54, 1.807) is 17.0 Å². The minimum absolute atomic E-state index is 0.00505. The molecule has 0 saturated heterocycles. The van der Waals surface area contributed by atoms with Crippen molar-refractivity contribution in [3.8, 4) is 0 Å². The number of aromatic amines is 1. The zero-order valence-electron chi connectivity index (χ0n) is 19.2. The van der Waals surface area contributed by atoms with Crippen LogP contribution >= 0.6 is 0 Å². The minimum Gasteiger partial charge on any atom is -0.360 e. The number of carbonyl (C=O) groups is 1. The smallest absolute Gasteiger partial charge is 0.261 e. The van der Waals surface area contributed by atoms with Crippen LogP contribution in [0.1, 0.15) is 34.0 Å². The standard InChI is InChI=1S/C27H25N3O4S/c1-2-18-7-9-21(10-8-18)29-35(33,34)22-11-12-25-23(15-22)26(31)24(16-28-25)27(32)30-14-13-19-5-3-4-6-20(19)17-30/h3-12,15-16,29H,2,13-14,17H2,1H3,(H,28,31). The van der Waals surface area contributed by atoms with E-state index in [9.17, 15) is 18.0 Å². The minimum atomic E-state index is -3.93. The van der Waals surface area contributed by atoms with E-state index >= 15 is 0 Å². The Bertz CT molecular complexity index is 1590. The van der Waals surface area contributed by atoms with Crippen LogP contribution in [0, 0.1) is 0 Å². The Labute approximate surface area is 203 Å². The van der Waals surface area contributed by atoms with Crippen LogP contribution in [0.25, 0.3) is 10.9 Å². The normalized spacial score (nSPS) is 13.5. The van der Waals surface area contributed by atoms with Gasteiger partial charge in [-0.2, -0.15) is 0 Å². The fourth-order valence-corrected chi connectivity index (χ4v) is 5.47. The zero-order valence-corrected chi connectivity index (χ0v) is 20.1. The fourth-order valence-electron chi connectivity index (χ4n) is 4.39. The quantitative estimate of drug-likeness (QED) is 0.443. The van der Waals surface area contributed by atoms with Crippen LogP contribution in [0.15, 0.2) is 82.6 Å². The van der Waals surface area contributed by atoms with E-state index in [1.807, 2.05) is 43.3 Å². The molecule has 2 N–H and O–H groups in total.